The van der Waals surface area contributed by atoms with Gasteiger partial charge in [0.15, 0.2) is 0 Å². The highest BCUT2D eigenvalue weighted by molar-refractivity contribution is 9.09. The minimum Gasteiger partial charge on any atom is -0.399 e. The van der Waals surface area contributed by atoms with Crippen molar-refractivity contribution < 1.29 is 19.2 Å². The number of aromatic amines is 2. The number of hydrogen-bond acceptors (Lipinski definition) is 15. The highest BCUT2D eigenvalue weighted by Crippen LogP contribution is 2.36. The van der Waals surface area contributed by atoms with Gasteiger partial charge < -0.3 is 56.6 Å². The normalized spacial score (nSPS) is 16.5. The van der Waals surface area contributed by atoms with Crippen LogP contribution in [0.25, 0.3) is 54.0 Å². The molecule has 0 unspecified atom stereocenters. The average Bonchev–Trinajstić information content (AvgIpc) is 1.66. The Balaban J connectivity index is 0.000000217. The second-order valence-electron chi connectivity index (χ2n) is 21.9. The molecule has 4 aromatic carbocycles. The van der Waals surface area contributed by atoms with Gasteiger partial charge in [0, 0.05) is 189 Å². The Labute approximate surface area is 551 Å². The number of hydrogen-bond donors (Lipinski definition) is 7. The summed E-state index contributed by atoms with van der Waals surface area (Å²) >= 11 is 7.99. The number of fused-ring (bicyclic) bond motifs is 2. The first-order valence-corrected chi connectivity index (χ1v) is 31.1. The molecule has 0 spiro atoms. The van der Waals surface area contributed by atoms with Crippen LogP contribution in [-0.2, 0) is 9.59 Å². The number of nitrogen functional groups attached to an aromatic ring is 1. The first-order valence-electron chi connectivity index (χ1n) is 29.6. The number of halogens is 2. The van der Waals surface area contributed by atoms with Crippen LogP contribution >= 0.6 is 27.5 Å². The Morgan fingerprint density at radius 3 is 1.58 bits per heavy atom. The molecule has 0 saturated carbocycles. The molecule has 22 nitrogen and oxygen atoms in total. The maximum atomic E-state index is 13.2. The van der Waals surface area contributed by atoms with Crippen molar-refractivity contribution in [1.82, 2.24) is 59.7 Å². The van der Waals surface area contributed by atoms with Crippen molar-refractivity contribution in [2.45, 2.75) is 39.8 Å². The van der Waals surface area contributed by atoms with E-state index in [1.807, 2.05) is 71.9 Å². The summed E-state index contributed by atoms with van der Waals surface area (Å²) < 4.78 is 0. The Morgan fingerprint density at radius 1 is 0.652 bits per heavy atom. The van der Waals surface area contributed by atoms with E-state index >= 15 is 0 Å². The van der Waals surface area contributed by atoms with Crippen molar-refractivity contribution in [1.29, 1.82) is 0 Å². The summed E-state index contributed by atoms with van der Waals surface area (Å²) in [6.45, 7) is 27.0. The van der Waals surface area contributed by atoms with Crippen LogP contribution in [0.15, 0.2) is 146 Å². The molecule has 4 saturated heterocycles. The molecule has 8 N–H and O–H groups in total. The lowest BCUT2D eigenvalue weighted by Gasteiger charge is -2.31. The van der Waals surface area contributed by atoms with Crippen molar-refractivity contribution in [3.05, 3.63) is 180 Å². The third-order valence-corrected chi connectivity index (χ3v) is 16.1. The molecule has 4 aliphatic rings. The fourth-order valence-corrected chi connectivity index (χ4v) is 10.9. The first-order chi connectivity index (χ1) is 43.7. The predicted molar refractivity (Wildman–Crippen MR) is 374 cm³/mol. The van der Waals surface area contributed by atoms with Gasteiger partial charge in [-0.3, -0.25) is 24.1 Å². The largest absolute Gasteiger partial charge is 0.399 e. The van der Waals surface area contributed by atoms with Gasteiger partial charge >= 0.3 is 0 Å². The zero-order valence-electron chi connectivity index (χ0n) is 50.2. The van der Waals surface area contributed by atoms with E-state index in [1.165, 1.54) is 19.2 Å². The summed E-state index contributed by atoms with van der Waals surface area (Å²) in [4.78, 5) is 90.6. The molecule has 4 aromatic heterocycles. The predicted octanol–water partition coefficient (Wildman–Crippen LogP) is 10.8. The lowest BCUT2D eigenvalue weighted by Crippen LogP contribution is -2.44. The van der Waals surface area contributed by atoms with E-state index in [9.17, 15) is 19.2 Å². The fraction of sp³-hybridized carbons (Fsp3) is 0.324. The molecular weight excluding hydrogens is 1250 g/mol. The van der Waals surface area contributed by atoms with Gasteiger partial charge in [-0.05, 0) is 105 Å². The van der Waals surface area contributed by atoms with Gasteiger partial charge in [0.25, 0.3) is 11.8 Å². The summed E-state index contributed by atoms with van der Waals surface area (Å²) in [5.74, 6) is 0.603. The number of H-pyrrole nitrogens is 2. The van der Waals surface area contributed by atoms with E-state index in [2.05, 4.69) is 101 Å². The number of allylic oxidation sites excluding steroid dienone is 2. The average molecular weight is 1330 g/mol. The van der Waals surface area contributed by atoms with Crippen molar-refractivity contribution in [3.8, 4) is 22.5 Å². The molecule has 24 heteroatoms. The quantitative estimate of drug-likeness (QED) is 0.0176. The number of para-hydroxylation sites is 2. The van der Waals surface area contributed by atoms with E-state index in [4.69, 9.17) is 35.5 Å². The van der Waals surface area contributed by atoms with Gasteiger partial charge in [0.05, 0.1) is 24.5 Å². The number of nitrogens with zero attached hydrogens (tertiary/aromatic N) is 11. The minimum atomic E-state index is -0.431. The van der Waals surface area contributed by atoms with Crippen LogP contribution in [0.4, 0.5) is 34.6 Å². The SMILES string of the molecule is C.C.CN1CCNCC1.O=C(Cl)/C=C/CBr.[C-]#[N+]c1cnc(N[C@@H]2CCN(C(=O)c3ccc(N)cc3)C2)nc1-c1c[nH]c2ccccc12.[C-]#[N+]c1cnc(N[C@@H]2CCN(C(=O)c3ccc(NC(=O)/C=C/CN4CCN(C)CC4)cc3)C2)nc1-c1c[nH]c2ccccc12. The Bertz CT molecular complexity index is 3900. The smallest absolute Gasteiger partial charge is 0.253 e. The van der Waals surface area contributed by atoms with Crippen LogP contribution in [0.1, 0.15) is 48.4 Å². The molecule has 3 amide bonds. The Hall–Kier alpha value is -9.33. The van der Waals surface area contributed by atoms with E-state index in [1.54, 1.807) is 78.0 Å². The van der Waals surface area contributed by atoms with Crippen LogP contribution in [0.3, 0.4) is 0 Å². The van der Waals surface area contributed by atoms with Crippen LogP contribution < -0.4 is 27.0 Å². The third kappa shape index (κ3) is 19.4. The molecule has 0 radical (unpaired) electrons. The van der Waals surface area contributed by atoms with E-state index in [0.717, 1.165) is 91.6 Å². The third-order valence-electron chi connectivity index (χ3n) is 15.6. The molecule has 4 fully saturated rings. The van der Waals surface area contributed by atoms with Gasteiger partial charge in [0.2, 0.25) is 34.4 Å². The van der Waals surface area contributed by atoms with Gasteiger partial charge in [-0.15, -0.1) is 0 Å². The molecule has 92 heavy (non-hydrogen) atoms. The van der Waals surface area contributed by atoms with E-state index < -0.39 is 5.24 Å². The molecule has 8 aromatic rings. The monoisotopic (exact) mass is 1330 g/mol. The molecule has 2 atom stereocenters. The minimum absolute atomic E-state index is 0. The van der Waals surface area contributed by atoms with Crippen molar-refractivity contribution in [2.75, 3.05) is 126 Å². The van der Waals surface area contributed by atoms with Crippen molar-refractivity contribution >= 4 is 107 Å². The molecule has 0 bridgehead atoms. The van der Waals surface area contributed by atoms with E-state index in [0.29, 0.717) is 88.7 Å². The molecule has 4 aliphatic heterocycles. The molecule has 480 valence electrons. The van der Waals surface area contributed by atoms with Gasteiger partial charge in [-0.25, -0.2) is 29.6 Å². The summed E-state index contributed by atoms with van der Waals surface area (Å²) in [5, 5.41) is 15.1. The number of carbonyl (C=O) groups excluding carboxylic acids is 4. The summed E-state index contributed by atoms with van der Waals surface area (Å²) in [5.41, 5.74) is 13.8. The highest BCUT2D eigenvalue weighted by Gasteiger charge is 2.30. The number of likely N-dealkylation sites (tertiary alicyclic amines) is 2. The maximum Gasteiger partial charge on any atom is 0.253 e. The van der Waals surface area contributed by atoms with Gasteiger partial charge in [-0.1, -0.05) is 79.3 Å². The molecule has 8 heterocycles. The van der Waals surface area contributed by atoms with E-state index in [-0.39, 0.29) is 44.7 Å². The number of amides is 3. The zero-order chi connectivity index (χ0) is 63.4. The Kier molecular flexibility index (Phi) is 26.5. The fourth-order valence-electron chi connectivity index (χ4n) is 10.6. The lowest BCUT2D eigenvalue weighted by atomic mass is 10.1. The number of aromatic nitrogens is 6. The summed E-state index contributed by atoms with van der Waals surface area (Å²) in [6, 6.07) is 29.8. The first kappa shape index (κ1) is 70.1. The van der Waals surface area contributed by atoms with Crippen molar-refractivity contribution in [2.24, 2.45) is 0 Å². The zero-order valence-corrected chi connectivity index (χ0v) is 52.6. The second kappa shape index (κ2) is 34.8. The van der Waals surface area contributed by atoms with Crippen LogP contribution in [0.2, 0.25) is 0 Å². The summed E-state index contributed by atoms with van der Waals surface area (Å²) in [7, 11) is 4.27. The number of carbonyl (C=O) groups is 4. The summed E-state index contributed by atoms with van der Waals surface area (Å²) in [6.07, 6.45) is 14.8. The number of benzene rings is 4. The standard InChI is InChI=1S/C33H35N9O2.C24H21N7O.C5H12N2.C4H4BrClO.2CH4/c1-34-29-21-36-33(39-31(29)27-20-35-28-7-4-3-6-26(27)28)38-25-13-15-42(22-25)32(44)23-9-11-24(12-10-23)37-30(43)8-5-14-41-18-16-40(2)17-19-41;1-26-21-13-28-24(30-22(21)19-12-27-20-5-3-2-4-18(19)20)29-17-10-11-31(14-17)23(32)15-6-8-16(25)9-7-15;1-7-4-2-6-3-5-7;5-3-1-2-4(6)7;;/h3-12,20-21,25,35H,13-19,22H2,2H3,(H,37,43)(H,36,38,39);2-9,12-13,17,27H,10-11,14,25H2,(H,28,29,30);6H,2-5H2,1H3;1-2H,3H2;2*1H4/b8-5+;;;2-1+;;/t25-;17-;;;;/m11..../s1. The van der Waals surface area contributed by atoms with Gasteiger partial charge in [0.1, 0.15) is 0 Å². The topological polar surface area (TPSA) is 250 Å². The number of anilines is 4. The molecular formula is C68H80BrClN18O4. The Morgan fingerprint density at radius 2 is 1.13 bits per heavy atom. The molecule has 12 rings (SSSR count). The number of rotatable bonds is 14. The van der Waals surface area contributed by atoms with Gasteiger partial charge in [-0.2, -0.15) is 0 Å². The van der Waals surface area contributed by atoms with Crippen molar-refractivity contribution in [3.63, 3.8) is 0 Å². The lowest BCUT2D eigenvalue weighted by molar-refractivity contribution is -0.112. The van der Waals surface area contributed by atoms with Crippen LogP contribution in [0, 0.1) is 13.1 Å². The number of piperazine rings is 2. The van der Waals surface area contributed by atoms with Crippen LogP contribution in [-0.4, -0.2) is 194 Å². The second-order valence-corrected chi connectivity index (χ2v) is 23.0. The maximum absolute atomic E-state index is 13.2. The number of alkyl halides is 1. The van der Waals surface area contributed by atoms with Crippen LogP contribution in [0.5, 0.6) is 0 Å². The number of nitrogens with two attached hydrogens (primary N) is 1. The molecule has 0 aliphatic carbocycles. The highest BCUT2D eigenvalue weighted by atomic mass is 79.9. The number of likely N-dealkylation sites (N-methyl/N-ethyl adjacent to an activating group) is 2. The number of nitrogens with one attached hydrogen (secondary N) is 6.